The molecule has 0 aromatic heterocycles. The second-order valence-corrected chi connectivity index (χ2v) is 8.57. The van der Waals surface area contributed by atoms with Crippen molar-refractivity contribution in [1.82, 2.24) is 10.6 Å². The summed E-state index contributed by atoms with van der Waals surface area (Å²) in [6, 6.07) is 7.14. The largest absolute Gasteiger partial charge is 0.352 e. The second-order valence-electron chi connectivity index (χ2n) is 8.57. The van der Waals surface area contributed by atoms with Crippen molar-refractivity contribution in [3.63, 3.8) is 0 Å². The molecule has 0 spiro atoms. The molecule has 6 heteroatoms. The van der Waals surface area contributed by atoms with Crippen LogP contribution in [0.15, 0.2) is 24.3 Å². The van der Waals surface area contributed by atoms with Crippen LogP contribution in [0.1, 0.15) is 55.8 Å². The molecule has 1 aromatic carbocycles. The lowest BCUT2D eigenvalue weighted by atomic mass is 9.84. The number of fused-ring (bicyclic) bond motifs is 2. The standard InChI is InChI=1S/C22H29N3O3/c1-14(19-12-15-4-5-17(19)11-15)24-20(26)13-23-22(28)16-6-8-18(9-7-16)25-10-2-3-21(25)27/h6-9,14-15,17,19H,2-5,10-13H2,1H3,(H,23,28)(H,24,26). The molecular weight excluding hydrogens is 354 g/mol. The Morgan fingerprint density at radius 2 is 1.96 bits per heavy atom. The summed E-state index contributed by atoms with van der Waals surface area (Å²) in [6.07, 6.45) is 6.65. The van der Waals surface area contributed by atoms with E-state index in [1.807, 2.05) is 0 Å². The number of carbonyl (C=O) groups is 3. The van der Waals surface area contributed by atoms with Gasteiger partial charge in [0.1, 0.15) is 0 Å². The predicted octanol–water partition coefficient (Wildman–Crippen LogP) is 2.48. The van der Waals surface area contributed by atoms with Crippen molar-refractivity contribution < 1.29 is 14.4 Å². The molecule has 1 saturated heterocycles. The van der Waals surface area contributed by atoms with E-state index in [9.17, 15) is 14.4 Å². The third kappa shape index (κ3) is 3.91. The number of carbonyl (C=O) groups excluding carboxylic acids is 3. The Hall–Kier alpha value is -2.37. The molecule has 2 aliphatic carbocycles. The van der Waals surface area contributed by atoms with E-state index in [1.54, 1.807) is 29.2 Å². The number of benzene rings is 1. The molecule has 1 aromatic rings. The molecule has 0 radical (unpaired) electrons. The van der Waals surface area contributed by atoms with Crippen molar-refractivity contribution in [3.8, 4) is 0 Å². The van der Waals surface area contributed by atoms with Crippen LogP contribution in [0, 0.1) is 17.8 Å². The van der Waals surface area contributed by atoms with Gasteiger partial charge in [-0.05, 0) is 74.6 Å². The van der Waals surface area contributed by atoms with Crippen LogP contribution in [0.2, 0.25) is 0 Å². The van der Waals surface area contributed by atoms with Crippen LogP contribution in [-0.2, 0) is 9.59 Å². The monoisotopic (exact) mass is 383 g/mol. The van der Waals surface area contributed by atoms with Gasteiger partial charge in [-0.15, -0.1) is 0 Å². The summed E-state index contributed by atoms with van der Waals surface area (Å²) in [5.41, 5.74) is 1.31. The van der Waals surface area contributed by atoms with Crippen molar-refractivity contribution in [3.05, 3.63) is 29.8 Å². The minimum absolute atomic E-state index is 0.0175. The molecule has 4 rings (SSSR count). The fourth-order valence-electron chi connectivity index (χ4n) is 5.29. The highest BCUT2D eigenvalue weighted by atomic mass is 16.2. The van der Waals surface area contributed by atoms with Gasteiger partial charge in [0.15, 0.2) is 0 Å². The molecule has 4 unspecified atom stereocenters. The van der Waals surface area contributed by atoms with Gasteiger partial charge in [-0.1, -0.05) is 6.42 Å². The van der Waals surface area contributed by atoms with Gasteiger partial charge in [-0.2, -0.15) is 0 Å². The van der Waals surface area contributed by atoms with E-state index in [0.717, 1.165) is 30.5 Å². The highest BCUT2D eigenvalue weighted by molar-refractivity contribution is 5.98. The highest BCUT2D eigenvalue weighted by Gasteiger charge is 2.42. The van der Waals surface area contributed by atoms with Gasteiger partial charge in [-0.25, -0.2) is 0 Å². The molecule has 3 aliphatic rings. The maximum absolute atomic E-state index is 12.3. The zero-order valence-electron chi connectivity index (χ0n) is 16.4. The first-order valence-corrected chi connectivity index (χ1v) is 10.5. The molecule has 1 aliphatic heterocycles. The van der Waals surface area contributed by atoms with Crippen LogP contribution < -0.4 is 15.5 Å². The van der Waals surface area contributed by atoms with E-state index in [0.29, 0.717) is 17.9 Å². The predicted molar refractivity (Wildman–Crippen MR) is 107 cm³/mol. The van der Waals surface area contributed by atoms with Crippen LogP contribution in [0.3, 0.4) is 0 Å². The highest BCUT2D eigenvalue weighted by Crippen LogP contribution is 2.49. The normalized spacial score (nSPS) is 27.1. The van der Waals surface area contributed by atoms with Crippen molar-refractivity contribution >= 4 is 23.4 Å². The minimum Gasteiger partial charge on any atom is -0.352 e. The van der Waals surface area contributed by atoms with Crippen LogP contribution in [0.25, 0.3) is 0 Å². The van der Waals surface area contributed by atoms with Gasteiger partial charge in [0.2, 0.25) is 11.8 Å². The lowest BCUT2D eigenvalue weighted by Crippen LogP contribution is -2.44. The summed E-state index contributed by atoms with van der Waals surface area (Å²) >= 11 is 0. The Balaban J connectivity index is 1.24. The molecule has 3 fully saturated rings. The van der Waals surface area contributed by atoms with Gasteiger partial charge in [0, 0.05) is 30.3 Å². The minimum atomic E-state index is -0.276. The fraction of sp³-hybridized carbons (Fsp3) is 0.591. The Labute approximate surface area is 166 Å². The molecule has 2 N–H and O–H groups in total. The first-order valence-electron chi connectivity index (χ1n) is 10.5. The quantitative estimate of drug-likeness (QED) is 0.792. The number of rotatable bonds is 6. The van der Waals surface area contributed by atoms with Crippen LogP contribution >= 0.6 is 0 Å². The Kier molecular flexibility index (Phi) is 5.38. The van der Waals surface area contributed by atoms with Crippen LogP contribution in [-0.4, -0.2) is 36.9 Å². The van der Waals surface area contributed by atoms with Gasteiger partial charge in [-0.3, -0.25) is 14.4 Å². The molecule has 6 nitrogen and oxygen atoms in total. The average Bonchev–Trinajstić information content (AvgIpc) is 3.43. The lowest BCUT2D eigenvalue weighted by molar-refractivity contribution is -0.121. The molecular formula is C22H29N3O3. The Morgan fingerprint density at radius 3 is 2.57 bits per heavy atom. The maximum Gasteiger partial charge on any atom is 0.251 e. The third-order valence-corrected chi connectivity index (χ3v) is 6.75. The number of hydrogen-bond acceptors (Lipinski definition) is 3. The topological polar surface area (TPSA) is 78.5 Å². The van der Waals surface area contributed by atoms with E-state index >= 15 is 0 Å². The van der Waals surface area contributed by atoms with Crippen molar-refractivity contribution in [1.29, 1.82) is 0 Å². The van der Waals surface area contributed by atoms with Crippen LogP contribution in [0.4, 0.5) is 5.69 Å². The van der Waals surface area contributed by atoms with Gasteiger partial charge in [0.05, 0.1) is 6.54 Å². The number of nitrogens with zero attached hydrogens (tertiary/aromatic N) is 1. The number of nitrogens with one attached hydrogen (secondary N) is 2. The summed E-state index contributed by atoms with van der Waals surface area (Å²) in [5, 5.41) is 5.76. The lowest BCUT2D eigenvalue weighted by Gasteiger charge is -2.28. The summed E-state index contributed by atoms with van der Waals surface area (Å²) in [5.74, 6) is 1.91. The molecule has 4 atom stereocenters. The zero-order chi connectivity index (χ0) is 19.7. The van der Waals surface area contributed by atoms with E-state index in [2.05, 4.69) is 17.6 Å². The average molecular weight is 383 g/mol. The Bertz CT molecular complexity index is 761. The van der Waals surface area contributed by atoms with Crippen molar-refractivity contribution in [2.75, 3.05) is 18.0 Å². The van der Waals surface area contributed by atoms with Crippen LogP contribution in [0.5, 0.6) is 0 Å². The Morgan fingerprint density at radius 1 is 1.18 bits per heavy atom. The van der Waals surface area contributed by atoms with E-state index in [-0.39, 0.29) is 30.3 Å². The maximum atomic E-state index is 12.3. The van der Waals surface area contributed by atoms with Gasteiger partial charge < -0.3 is 15.5 Å². The number of hydrogen-bond donors (Lipinski definition) is 2. The number of amides is 3. The first kappa shape index (κ1) is 19.0. The SMILES string of the molecule is CC(NC(=O)CNC(=O)c1ccc(N2CCCC2=O)cc1)C1CC2CCC1C2. The summed E-state index contributed by atoms with van der Waals surface area (Å²) < 4.78 is 0. The number of anilines is 1. The smallest absolute Gasteiger partial charge is 0.251 e. The first-order chi connectivity index (χ1) is 13.5. The molecule has 1 heterocycles. The zero-order valence-corrected chi connectivity index (χ0v) is 16.4. The molecule has 2 bridgehead atoms. The molecule has 3 amide bonds. The van der Waals surface area contributed by atoms with Crippen molar-refractivity contribution in [2.24, 2.45) is 17.8 Å². The summed E-state index contributed by atoms with van der Waals surface area (Å²) in [6.45, 7) is 2.80. The van der Waals surface area contributed by atoms with E-state index in [4.69, 9.17) is 0 Å². The molecule has 150 valence electrons. The second kappa shape index (κ2) is 7.94. The molecule has 28 heavy (non-hydrogen) atoms. The summed E-state index contributed by atoms with van der Waals surface area (Å²) in [7, 11) is 0. The summed E-state index contributed by atoms with van der Waals surface area (Å²) in [4.78, 5) is 38.1. The van der Waals surface area contributed by atoms with E-state index < -0.39 is 0 Å². The third-order valence-electron chi connectivity index (χ3n) is 6.75. The fourth-order valence-corrected chi connectivity index (χ4v) is 5.29. The molecule has 2 saturated carbocycles. The van der Waals surface area contributed by atoms with Gasteiger partial charge >= 0.3 is 0 Å². The van der Waals surface area contributed by atoms with E-state index in [1.165, 1.54) is 25.7 Å². The van der Waals surface area contributed by atoms with Gasteiger partial charge in [0.25, 0.3) is 5.91 Å². The van der Waals surface area contributed by atoms with Crippen molar-refractivity contribution in [2.45, 2.75) is 51.5 Å².